The summed E-state index contributed by atoms with van der Waals surface area (Å²) in [7, 11) is -2.04. The molecule has 0 spiro atoms. The van der Waals surface area contributed by atoms with Crippen LogP contribution in [0.3, 0.4) is 0 Å². The maximum atomic E-state index is 12.6. The molecule has 28 heavy (non-hydrogen) atoms. The van der Waals surface area contributed by atoms with E-state index in [0.29, 0.717) is 18.0 Å². The van der Waals surface area contributed by atoms with Gasteiger partial charge in [0.15, 0.2) is 0 Å². The predicted octanol–water partition coefficient (Wildman–Crippen LogP) is 2.57. The first-order chi connectivity index (χ1) is 13.5. The Labute approximate surface area is 163 Å². The molecule has 7 nitrogen and oxygen atoms in total. The molecule has 8 heteroatoms. The molecule has 0 atom stereocenters. The van der Waals surface area contributed by atoms with Gasteiger partial charge >= 0.3 is 0 Å². The fourth-order valence-corrected chi connectivity index (χ4v) is 4.05. The molecule has 0 fully saturated rings. The van der Waals surface area contributed by atoms with Crippen molar-refractivity contribution in [2.45, 2.75) is 17.9 Å². The highest BCUT2D eigenvalue weighted by Crippen LogP contribution is 2.27. The van der Waals surface area contributed by atoms with Crippen LogP contribution in [0.2, 0.25) is 0 Å². The Morgan fingerprint density at radius 2 is 1.93 bits per heavy atom. The van der Waals surface area contributed by atoms with Gasteiger partial charge in [-0.3, -0.25) is 0 Å². The molecule has 1 N–H and O–H groups in total. The molecule has 0 amide bonds. The van der Waals surface area contributed by atoms with Crippen LogP contribution in [0, 0.1) is 0 Å². The topological polar surface area (TPSA) is 90.4 Å². The van der Waals surface area contributed by atoms with Crippen molar-refractivity contribution >= 4 is 10.0 Å². The number of nitrogens with one attached hydrogen (secondary N) is 1. The van der Waals surface area contributed by atoms with Gasteiger partial charge in [0.1, 0.15) is 17.8 Å². The molecule has 0 saturated carbocycles. The third-order valence-electron chi connectivity index (χ3n) is 4.52. The second-order valence-electron chi connectivity index (χ2n) is 6.32. The Morgan fingerprint density at radius 3 is 2.71 bits per heavy atom. The van der Waals surface area contributed by atoms with Crippen LogP contribution in [0.5, 0.6) is 11.5 Å². The first-order valence-electron chi connectivity index (χ1n) is 8.76. The standard InChI is InChI=1S/C20H19N3O4S/c1-26-17-4-2-14(3-5-17)19-11-16(21-13-22-19)12-23-28(24,25)18-6-7-20-15(10-18)8-9-27-20/h2-7,10-11,13,23H,8-9,12H2,1H3. The van der Waals surface area contributed by atoms with Crippen molar-refractivity contribution in [2.24, 2.45) is 0 Å². The molecule has 1 aliphatic rings. The highest BCUT2D eigenvalue weighted by atomic mass is 32.2. The van der Waals surface area contributed by atoms with Gasteiger partial charge < -0.3 is 9.47 Å². The fourth-order valence-electron chi connectivity index (χ4n) is 3.00. The highest BCUT2D eigenvalue weighted by Gasteiger charge is 2.19. The molecule has 1 aromatic heterocycles. The SMILES string of the molecule is COc1ccc(-c2cc(CNS(=O)(=O)c3ccc4c(c3)CCO4)ncn2)cc1. The van der Waals surface area contributed by atoms with E-state index in [1.807, 2.05) is 24.3 Å². The third kappa shape index (κ3) is 3.83. The zero-order valence-corrected chi connectivity index (χ0v) is 16.1. The summed E-state index contributed by atoms with van der Waals surface area (Å²) < 4.78 is 38.4. The number of ether oxygens (including phenoxy) is 2. The number of aromatic nitrogens is 2. The van der Waals surface area contributed by atoms with Crippen LogP contribution < -0.4 is 14.2 Å². The molecule has 0 aliphatic carbocycles. The summed E-state index contributed by atoms with van der Waals surface area (Å²) in [5, 5.41) is 0. The number of methoxy groups -OCH3 is 1. The zero-order valence-electron chi connectivity index (χ0n) is 15.3. The Balaban J connectivity index is 1.50. The first-order valence-corrected chi connectivity index (χ1v) is 10.2. The fraction of sp³-hybridized carbons (Fsp3) is 0.200. The normalized spacial score (nSPS) is 13.0. The predicted molar refractivity (Wildman–Crippen MR) is 104 cm³/mol. The van der Waals surface area contributed by atoms with Gasteiger partial charge in [0, 0.05) is 12.0 Å². The largest absolute Gasteiger partial charge is 0.497 e. The summed E-state index contributed by atoms with van der Waals surface area (Å²) in [6.07, 6.45) is 2.14. The van der Waals surface area contributed by atoms with E-state index < -0.39 is 10.0 Å². The Morgan fingerprint density at radius 1 is 1.11 bits per heavy atom. The summed E-state index contributed by atoms with van der Waals surface area (Å²) >= 11 is 0. The second-order valence-corrected chi connectivity index (χ2v) is 8.08. The van der Waals surface area contributed by atoms with Crippen LogP contribution in [0.1, 0.15) is 11.3 Å². The molecule has 0 bridgehead atoms. The van der Waals surface area contributed by atoms with Crippen LogP contribution in [0.4, 0.5) is 0 Å². The van der Waals surface area contributed by atoms with Crippen LogP contribution >= 0.6 is 0 Å². The van der Waals surface area contributed by atoms with E-state index in [2.05, 4.69) is 14.7 Å². The average Bonchev–Trinajstić information content (AvgIpc) is 3.21. The summed E-state index contributed by atoms with van der Waals surface area (Å²) in [5.74, 6) is 1.50. The molecule has 0 unspecified atom stereocenters. The van der Waals surface area contributed by atoms with Crippen molar-refractivity contribution in [3.63, 3.8) is 0 Å². The van der Waals surface area contributed by atoms with Crippen LogP contribution in [0.25, 0.3) is 11.3 Å². The minimum absolute atomic E-state index is 0.0710. The number of hydrogen-bond acceptors (Lipinski definition) is 6. The molecular weight excluding hydrogens is 378 g/mol. The van der Waals surface area contributed by atoms with E-state index >= 15 is 0 Å². The molecule has 2 heterocycles. The molecule has 2 aromatic carbocycles. The molecule has 144 valence electrons. The van der Waals surface area contributed by atoms with E-state index in [4.69, 9.17) is 9.47 Å². The van der Waals surface area contributed by atoms with Crippen molar-refractivity contribution in [3.05, 3.63) is 66.1 Å². The smallest absolute Gasteiger partial charge is 0.240 e. The van der Waals surface area contributed by atoms with Crippen molar-refractivity contribution in [3.8, 4) is 22.8 Å². The lowest BCUT2D eigenvalue weighted by Gasteiger charge is -2.09. The van der Waals surface area contributed by atoms with E-state index in [0.717, 1.165) is 29.0 Å². The van der Waals surface area contributed by atoms with Crippen molar-refractivity contribution in [2.75, 3.05) is 13.7 Å². The first kappa shape index (κ1) is 18.4. The van der Waals surface area contributed by atoms with Gasteiger partial charge in [-0.25, -0.2) is 23.1 Å². The minimum atomic E-state index is -3.65. The van der Waals surface area contributed by atoms with Crippen molar-refractivity contribution < 1.29 is 17.9 Å². The summed E-state index contributed by atoms with van der Waals surface area (Å²) in [4.78, 5) is 8.66. The number of sulfonamides is 1. The molecule has 3 aromatic rings. The molecule has 0 radical (unpaired) electrons. The van der Waals surface area contributed by atoms with E-state index in [-0.39, 0.29) is 11.4 Å². The Kier molecular flexibility index (Phi) is 4.97. The second kappa shape index (κ2) is 7.57. The monoisotopic (exact) mass is 397 g/mol. The third-order valence-corrected chi connectivity index (χ3v) is 5.92. The lowest BCUT2D eigenvalue weighted by atomic mass is 10.1. The number of hydrogen-bond donors (Lipinski definition) is 1. The number of benzene rings is 2. The number of nitrogens with zero attached hydrogens (tertiary/aromatic N) is 2. The molecule has 0 saturated heterocycles. The summed E-state index contributed by atoms with van der Waals surface area (Å²) in [5.41, 5.74) is 3.09. The maximum absolute atomic E-state index is 12.6. The molecular formula is C20H19N3O4S. The van der Waals surface area contributed by atoms with Crippen LogP contribution in [-0.2, 0) is 23.0 Å². The van der Waals surface area contributed by atoms with Crippen molar-refractivity contribution in [1.29, 1.82) is 0 Å². The van der Waals surface area contributed by atoms with Crippen LogP contribution in [0.15, 0.2) is 59.8 Å². The molecule has 1 aliphatic heterocycles. The Bertz CT molecular complexity index is 1100. The number of fused-ring (bicyclic) bond motifs is 1. The Hall–Kier alpha value is -2.97. The minimum Gasteiger partial charge on any atom is -0.497 e. The van der Waals surface area contributed by atoms with Crippen LogP contribution in [-0.4, -0.2) is 32.1 Å². The van der Waals surface area contributed by atoms with E-state index in [9.17, 15) is 8.42 Å². The average molecular weight is 397 g/mol. The number of rotatable bonds is 6. The van der Waals surface area contributed by atoms with Gasteiger partial charge in [0.05, 0.1) is 36.5 Å². The lowest BCUT2D eigenvalue weighted by molar-refractivity contribution is 0.356. The van der Waals surface area contributed by atoms with Gasteiger partial charge in [0.25, 0.3) is 0 Å². The molecule has 4 rings (SSSR count). The highest BCUT2D eigenvalue weighted by molar-refractivity contribution is 7.89. The zero-order chi connectivity index (χ0) is 19.6. The summed E-state index contributed by atoms with van der Waals surface area (Å²) in [6, 6.07) is 14.1. The lowest BCUT2D eigenvalue weighted by Crippen LogP contribution is -2.23. The van der Waals surface area contributed by atoms with Gasteiger partial charge in [-0.05, 0) is 54.1 Å². The van der Waals surface area contributed by atoms with Gasteiger partial charge in [-0.15, -0.1) is 0 Å². The van der Waals surface area contributed by atoms with E-state index in [1.165, 1.54) is 6.33 Å². The van der Waals surface area contributed by atoms with Gasteiger partial charge in [-0.2, -0.15) is 0 Å². The maximum Gasteiger partial charge on any atom is 0.240 e. The van der Waals surface area contributed by atoms with Gasteiger partial charge in [-0.1, -0.05) is 0 Å². The summed E-state index contributed by atoms with van der Waals surface area (Å²) in [6.45, 7) is 0.656. The van der Waals surface area contributed by atoms with Crippen molar-refractivity contribution in [1.82, 2.24) is 14.7 Å². The van der Waals surface area contributed by atoms with Gasteiger partial charge in [0.2, 0.25) is 10.0 Å². The van der Waals surface area contributed by atoms with E-state index in [1.54, 1.807) is 31.4 Å². The quantitative estimate of drug-likeness (QED) is 0.688.